The predicted octanol–water partition coefficient (Wildman–Crippen LogP) is -0.971. The number of aliphatic carboxylic acids is 2. The third-order valence-corrected chi connectivity index (χ3v) is 2.81. The first-order chi connectivity index (χ1) is 7.91. The maximum Gasteiger partial charge on any atom is 0.326 e. The van der Waals surface area contributed by atoms with E-state index >= 15 is 0 Å². The van der Waals surface area contributed by atoms with Gasteiger partial charge in [0.1, 0.15) is 6.04 Å². The second-order valence-corrected chi connectivity index (χ2v) is 4.20. The highest BCUT2D eigenvalue weighted by molar-refractivity contribution is 5.89. The number of carbonyl (C=O) groups is 3. The molecule has 1 aliphatic heterocycles. The highest BCUT2D eigenvalue weighted by Gasteiger charge is 2.32. The van der Waals surface area contributed by atoms with Crippen molar-refractivity contribution in [3.05, 3.63) is 0 Å². The quantitative estimate of drug-likeness (QED) is 0.494. The molecule has 0 radical (unpaired) electrons. The van der Waals surface area contributed by atoms with Gasteiger partial charge in [-0.15, -0.1) is 0 Å². The van der Waals surface area contributed by atoms with Crippen LogP contribution in [0.2, 0.25) is 0 Å². The van der Waals surface area contributed by atoms with Crippen molar-refractivity contribution in [3.8, 4) is 0 Å². The summed E-state index contributed by atoms with van der Waals surface area (Å²) in [5.74, 6) is -2.94. The van der Waals surface area contributed by atoms with E-state index in [1.807, 2.05) is 6.92 Å². The van der Waals surface area contributed by atoms with Crippen LogP contribution in [0, 0.1) is 5.92 Å². The number of carboxylic acid groups (broad SMARTS) is 2. The number of rotatable bonds is 5. The Balaban J connectivity index is 2.57. The average Bonchev–Trinajstić information content (AvgIpc) is 2.62. The molecular formula is C10H16N2O5. The minimum atomic E-state index is -1.38. The lowest BCUT2D eigenvalue weighted by molar-refractivity contribution is -0.147. The topological polar surface area (TPSA) is 116 Å². The van der Waals surface area contributed by atoms with Gasteiger partial charge in [0.2, 0.25) is 5.91 Å². The molecule has 96 valence electrons. The van der Waals surface area contributed by atoms with Crippen molar-refractivity contribution in [3.63, 3.8) is 0 Å². The van der Waals surface area contributed by atoms with E-state index in [1.54, 1.807) is 0 Å². The molecule has 1 heterocycles. The number of nitrogens with one attached hydrogen (secondary N) is 2. The van der Waals surface area contributed by atoms with Crippen molar-refractivity contribution >= 4 is 17.8 Å². The van der Waals surface area contributed by atoms with Gasteiger partial charge in [-0.1, -0.05) is 6.92 Å². The molecule has 7 heteroatoms. The van der Waals surface area contributed by atoms with E-state index in [-0.39, 0.29) is 5.92 Å². The molecule has 0 aliphatic carbocycles. The van der Waals surface area contributed by atoms with Gasteiger partial charge < -0.3 is 20.8 Å². The first kappa shape index (κ1) is 13.4. The summed E-state index contributed by atoms with van der Waals surface area (Å²) in [4.78, 5) is 32.9. The van der Waals surface area contributed by atoms with Crippen molar-refractivity contribution in [2.75, 3.05) is 6.54 Å². The maximum absolute atomic E-state index is 11.7. The van der Waals surface area contributed by atoms with Crippen molar-refractivity contribution < 1.29 is 24.6 Å². The van der Waals surface area contributed by atoms with Gasteiger partial charge in [0.25, 0.3) is 0 Å². The van der Waals surface area contributed by atoms with Crippen LogP contribution < -0.4 is 10.6 Å². The summed E-state index contributed by atoms with van der Waals surface area (Å²) in [6.45, 7) is 2.59. The van der Waals surface area contributed by atoms with Gasteiger partial charge in [-0.3, -0.25) is 9.59 Å². The molecule has 4 N–H and O–H groups in total. The molecule has 0 spiro atoms. The van der Waals surface area contributed by atoms with Gasteiger partial charge in [0.05, 0.1) is 12.5 Å². The van der Waals surface area contributed by atoms with Gasteiger partial charge in [0.15, 0.2) is 0 Å². The lowest BCUT2D eigenvalue weighted by atomic mass is 10.0. The van der Waals surface area contributed by atoms with E-state index in [9.17, 15) is 14.4 Å². The minimum Gasteiger partial charge on any atom is -0.481 e. The summed E-state index contributed by atoms with van der Waals surface area (Å²) < 4.78 is 0. The fourth-order valence-electron chi connectivity index (χ4n) is 1.82. The summed E-state index contributed by atoms with van der Waals surface area (Å²) in [5, 5.41) is 22.5. The van der Waals surface area contributed by atoms with Crippen LogP contribution in [0.4, 0.5) is 0 Å². The molecule has 17 heavy (non-hydrogen) atoms. The van der Waals surface area contributed by atoms with Crippen molar-refractivity contribution in [2.24, 2.45) is 5.92 Å². The van der Waals surface area contributed by atoms with Gasteiger partial charge >= 0.3 is 11.9 Å². The van der Waals surface area contributed by atoms with Crippen LogP contribution >= 0.6 is 0 Å². The van der Waals surface area contributed by atoms with Crippen molar-refractivity contribution in [1.29, 1.82) is 0 Å². The summed E-state index contributed by atoms with van der Waals surface area (Å²) in [5.41, 5.74) is 0. The molecule has 0 saturated carbocycles. The van der Waals surface area contributed by atoms with Crippen LogP contribution in [-0.2, 0) is 14.4 Å². The molecule has 1 aliphatic rings. The van der Waals surface area contributed by atoms with E-state index in [0.717, 1.165) is 6.42 Å². The molecule has 1 fully saturated rings. The van der Waals surface area contributed by atoms with Crippen LogP contribution in [-0.4, -0.2) is 46.7 Å². The number of carbonyl (C=O) groups excluding carboxylic acids is 1. The fraction of sp³-hybridized carbons (Fsp3) is 0.700. The lowest BCUT2D eigenvalue weighted by Gasteiger charge is -2.18. The fourth-order valence-corrected chi connectivity index (χ4v) is 1.82. The minimum absolute atomic E-state index is 0.120. The average molecular weight is 244 g/mol. The van der Waals surface area contributed by atoms with Crippen molar-refractivity contribution in [1.82, 2.24) is 10.6 Å². The molecule has 1 saturated heterocycles. The smallest absolute Gasteiger partial charge is 0.326 e. The molecule has 0 aromatic heterocycles. The third-order valence-electron chi connectivity index (χ3n) is 2.81. The second-order valence-electron chi connectivity index (χ2n) is 4.20. The first-order valence-electron chi connectivity index (χ1n) is 5.40. The lowest BCUT2D eigenvalue weighted by Crippen LogP contribution is -2.50. The number of hydrogen-bond donors (Lipinski definition) is 4. The molecular weight excluding hydrogens is 228 g/mol. The van der Waals surface area contributed by atoms with Gasteiger partial charge in [-0.2, -0.15) is 0 Å². The Hall–Kier alpha value is -1.63. The number of hydrogen-bond acceptors (Lipinski definition) is 4. The highest BCUT2D eigenvalue weighted by Crippen LogP contribution is 2.14. The third kappa shape index (κ3) is 3.70. The molecule has 3 atom stereocenters. The molecule has 3 unspecified atom stereocenters. The molecule has 0 aromatic carbocycles. The molecule has 7 nitrogen and oxygen atoms in total. The molecule has 1 rings (SSSR count). The largest absolute Gasteiger partial charge is 0.481 e. The van der Waals surface area contributed by atoms with Crippen LogP contribution in [0.5, 0.6) is 0 Å². The Kier molecular flexibility index (Phi) is 4.45. The van der Waals surface area contributed by atoms with E-state index in [2.05, 4.69) is 10.6 Å². The summed E-state index contributed by atoms with van der Waals surface area (Å²) in [6, 6.07) is -1.82. The normalized spacial score (nSPS) is 25.2. The summed E-state index contributed by atoms with van der Waals surface area (Å²) >= 11 is 0. The Morgan fingerprint density at radius 1 is 1.41 bits per heavy atom. The predicted molar refractivity (Wildman–Crippen MR) is 57.4 cm³/mol. The van der Waals surface area contributed by atoms with Gasteiger partial charge in [0, 0.05) is 0 Å². The maximum atomic E-state index is 11.7. The van der Waals surface area contributed by atoms with E-state index < -0.39 is 36.4 Å². The second kappa shape index (κ2) is 5.62. The molecule has 0 bridgehead atoms. The van der Waals surface area contributed by atoms with Crippen molar-refractivity contribution in [2.45, 2.75) is 31.8 Å². The zero-order valence-electron chi connectivity index (χ0n) is 9.47. The standard InChI is InChI=1S/C10H16N2O5/c1-5-2-3-11-8(5)9(15)12-6(10(16)17)4-7(13)14/h5-6,8,11H,2-4H2,1H3,(H,12,15)(H,13,14)(H,16,17). The summed E-state index contributed by atoms with van der Waals surface area (Å²) in [6.07, 6.45) is 0.219. The van der Waals surface area contributed by atoms with E-state index in [1.165, 1.54) is 0 Å². The van der Waals surface area contributed by atoms with Crippen LogP contribution in [0.3, 0.4) is 0 Å². The Morgan fingerprint density at radius 2 is 2.06 bits per heavy atom. The monoisotopic (exact) mass is 244 g/mol. The number of amides is 1. The molecule has 1 amide bonds. The Labute approximate surface area is 98.2 Å². The van der Waals surface area contributed by atoms with E-state index in [4.69, 9.17) is 10.2 Å². The Bertz CT molecular complexity index is 331. The van der Waals surface area contributed by atoms with Gasteiger partial charge in [-0.25, -0.2) is 4.79 Å². The van der Waals surface area contributed by atoms with Crippen LogP contribution in [0.25, 0.3) is 0 Å². The highest BCUT2D eigenvalue weighted by atomic mass is 16.4. The number of carboxylic acids is 2. The Morgan fingerprint density at radius 3 is 2.47 bits per heavy atom. The molecule has 0 aromatic rings. The van der Waals surface area contributed by atoms with E-state index in [0.29, 0.717) is 6.54 Å². The van der Waals surface area contributed by atoms with Crippen LogP contribution in [0.1, 0.15) is 19.8 Å². The first-order valence-corrected chi connectivity index (χ1v) is 5.40. The zero-order valence-corrected chi connectivity index (χ0v) is 9.47. The summed E-state index contributed by atoms with van der Waals surface area (Å²) in [7, 11) is 0. The van der Waals surface area contributed by atoms with Gasteiger partial charge in [-0.05, 0) is 18.9 Å². The SMILES string of the molecule is CC1CCNC1C(=O)NC(CC(=O)O)C(=O)O. The zero-order chi connectivity index (χ0) is 13.0. The van der Waals surface area contributed by atoms with Crippen LogP contribution in [0.15, 0.2) is 0 Å².